The van der Waals surface area contributed by atoms with E-state index in [1.165, 1.54) is 9.58 Å². The fraction of sp³-hybridized carbons (Fsp3) is 0.360. The summed E-state index contributed by atoms with van der Waals surface area (Å²) in [5.74, 6) is -1.22. The summed E-state index contributed by atoms with van der Waals surface area (Å²) >= 11 is 0. The lowest BCUT2D eigenvalue weighted by Gasteiger charge is -2.26. The molecule has 176 valence electrons. The number of nitrogens with one attached hydrogen (secondary N) is 1. The van der Waals surface area contributed by atoms with Crippen molar-refractivity contribution in [2.24, 2.45) is 0 Å². The Labute approximate surface area is 195 Å². The molecule has 5 rings (SSSR count). The molecule has 1 saturated heterocycles. The summed E-state index contributed by atoms with van der Waals surface area (Å²) in [5, 5.41) is 6.90. The first-order chi connectivity index (χ1) is 16.5. The van der Waals surface area contributed by atoms with Gasteiger partial charge in [-0.15, -0.1) is 0 Å². The minimum atomic E-state index is -1.30. The lowest BCUT2D eigenvalue weighted by Crippen LogP contribution is -2.48. The number of aromatic nitrogens is 3. The Kier molecular flexibility index (Phi) is 6.08. The second-order valence-electron chi connectivity index (χ2n) is 8.84. The molecular weight excluding hydrogens is 440 g/mol. The molecule has 3 aromatic rings. The number of carbonyl (C=O) groups is 2. The van der Waals surface area contributed by atoms with Crippen LogP contribution in [0.2, 0.25) is 0 Å². The molecule has 2 amide bonds. The molecule has 2 fully saturated rings. The van der Waals surface area contributed by atoms with E-state index in [-0.39, 0.29) is 25.4 Å². The molecule has 1 N–H and O–H groups in total. The molecule has 9 heteroatoms. The summed E-state index contributed by atoms with van der Waals surface area (Å²) in [5.41, 5.74) is 1.66. The monoisotopic (exact) mass is 465 g/mol. The lowest BCUT2D eigenvalue weighted by molar-refractivity contribution is -0.139. The molecule has 2 aromatic heterocycles. The number of nitrogens with zero attached hydrogens (tertiary/aromatic N) is 4. The Balaban J connectivity index is 1.38. The van der Waals surface area contributed by atoms with Crippen LogP contribution < -0.4 is 5.32 Å². The number of benzene rings is 1. The average Bonchev–Trinajstić information content (AvgIpc) is 3.40. The second-order valence-corrected chi connectivity index (χ2v) is 8.84. The smallest absolute Gasteiger partial charge is 0.245 e. The third-order valence-corrected chi connectivity index (χ3v) is 6.36. The van der Waals surface area contributed by atoms with E-state index in [1.54, 1.807) is 30.6 Å². The maximum absolute atomic E-state index is 14.7. The quantitative estimate of drug-likeness (QED) is 0.544. The van der Waals surface area contributed by atoms with Crippen molar-refractivity contribution in [1.82, 2.24) is 25.0 Å². The van der Waals surface area contributed by atoms with Crippen LogP contribution in [0.1, 0.15) is 48.0 Å². The highest BCUT2D eigenvalue weighted by molar-refractivity contribution is 5.88. The van der Waals surface area contributed by atoms with Crippen LogP contribution >= 0.6 is 0 Å². The van der Waals surface area contributed by atoms with Crippen LogP contribution in [0.15, 0.2) is 60.9 Å². The minimum absolute atomic E-state index is 0.0823. The largest absolute Gasteiger partial charge is 0.342 e. The van der Waals surface area contributed by atoms with Crippen LogP contribution in [0.3, 0.4) is 0 Å². The maximum atomic E-state index is 14.7. The zero-order valence-corrected chi connectivity index (χ0v) is 18.5. The number of amides is 2. The number of likely N-dealkylation sites (tertiary alicyclic amines) is 1. The summed E-state index contributed by atoms with van der Waals surface area (Å²) in [4.78, 5) is 31.5. The van der Waals surface area contributed by atoms with E-state index in [0.717, 1.165) is 12.8 Å². The second kappa shape index (κ2) is 9.32. The van der Waals surface area contributed by atoms with Crippen molar-refractivity contribution in [2.75, 3.05) is 6.54 Å². The molecule has 1 aliphatic heterocycles. The van der Waals surface area contributed by atoms with Crippen LogP contribution in [0, 0.1) is 5.95 Å². The number of alkyl halides is 1. The van der Waals surface area contributed by atoms with Crippen LogP contribution in [0.25, 0.3) is 0 Å². The van der Waals surface area contributed by atoms with Gasteiger partial charge in [0.2, 0.25) is 17.8 Å². The normalized spacial score (nSPS) is 20.8. The number of hydrogen-bond acceptors (Lipinski definition) is 4. The van der Waals surface area contributed by atoms with Crippen LogP contribution in [-0.4, -0.2) is 50.2 Å². The molecular formula is C25H25F2N5O2. The molecule has 0 radical (unpaired) electrons. The Morgan fingerprint density at radius 2 is 1.91 bits per heavy atom. The highest BCUT2D eigenvalue weighted by atomic mass is 19.1. The van der Waals surface area contributed by atoms with Gasteiger partial charge in [0.1, 0.15) is 18.8 Å². The molecule has 0 bridgehead atoms. The molecule has 1 aliphatic carbocycles. The standard InChI is InChI=1S/C25H25F2N5O2/c26-18-13-21(32(14-18)22(33)15-31-12-4-11-28-31)25(34)30-23(17-5-2-1-3-6-17)20-10-9-19(16-7-8-16)24(27)29-20/h1-6,9-12,16,18,21,23H,7-8,13-15H2,(H,30,34)/t18-,21+,23+/m1/s1. The fourth-order valence-electron chi connectivity index (χ4n) is 4.46. The van der Waals surface area contributed by atoms with E-state index in [9.17, 15) is 18.4 Å². The van der Waals surface area contributed by atoms with Gasteiger partial charge in [-0.25, -0.2) is 9.37 Å². The van der Waals surface area contributed by atoms with Crippen molar-refractivity contribution in [1.29, 1.82) is 0 Å². The number of pyridine rings is 1. The maximum Gasteiger partial charge on any atom is 0.245 e. The van der Waals surface area contributed by atoms with Crippen molar-refractivity contribution in [3.05, 3.63) is 83.7 Å². The topological polar surface area (TPSA) is 80.1 Å². The highest BCUT2D eigenvalue weighted by Gasteiger charge is 2.40. The van der Waals surface area contributed by atoms with Gasteiger partial charge in [-0.3, -0.25) is 14.3 Å². The molecule has 0 spiro atoms. The first kappa shape index (κ1) is 22.2. The van der Waals surface area contributed by atoms with E-state index >= 15 is 0 Å². The van der Waals surface area contributed by atoms with E-state index in [0.29, 0.717) is 16.8 Å². The lowest BCUT2D eigenvalue weighted by atomic mass is 10.0. The third kappa shape index (κ3) is 4.69. The van der Waals surface area contributed by atoms with Gasteiger partial charge in [-0.2, -0.15) is 9.49 Å². The zero-order chi connectivity index (χ0) is 23.7. The van der Waals surface area contributed by atoms with Gasteiger partial charge in [0.25, 0.3) is 0 Å². The van der Waals surface area contributed by atoms with Crippen molar-refractivity contribution < 1.29 is 18.4 Å². The van der Waals surface area contributed by atoms with E-state index in [2.05, 4.69) is 15.4 Å². The number of hydrogen-bond donors (Lipinski definition) is 1. The van der Waals surface area contributed by atoms with Gasteiger partial charge >= 0.3 is 0 Å². The SMILES string of the molecule is O=C(N[C@@H](c1ccccc1)c1ccc(C2CC2)c(F)n1)[C@@H]1C[C@@H](F)CN1C(=O)Cn1cccn1. The Morgan fingerprint density at radius 1 is 1.12 bits per heavy atom. The molecule has 0 unspecified atom stereocenters. The van der Waals surface area contributed by atoms with E-state index < -0.39 is 36.0 Å². The van der Waals surface area contributed by atoms with Crippen molar-refractivity contribution in [3.63, 3.8) is 0 Å². The number of rotatable bonds is 7. The van der Waals surface area contributed by atoms with Gasteiger partial charge in [0.05, 0.1) is 18.3 Å². The Hall–Kier alpha value is -3.62. The molecule has 1 aromatic carbocycles. The molecule has 7 nitrogen and oxygen atoms in total. The van der Waals surface area contributed by atoms with Gasteiger partial charge in [-0.1, -0.05) is 36.4 Å². The van der Waals surface area contributed by atoms with Crippen LogP contribution in [0.5, 0.6) is 0 Å². The molecule has 34 heavy (non-hydrogen) atoms. The minimum Gasteiger partial charge on any atom is -0.342 e. The van der Waals surface area contributed by atoms with Crippen molar-refractivity contribution >= 4 is 11.8 Å². The van der Waals surface area contributed by atoms with E-state index in [1.807, 2.05) is 30.3 Å². The molecule has 3 heterocycles. The fourth-order valence-corrected chi connectivity index (χ4v) is 4.46. The van der Waals surface area contributed by atoms with Gasteiger partial charge in [0, 0.05) is 24.4 Å². The van der Waals surface area contributed by atoms with Crippen molar-refractivity contribution in [2.45, 2.75) is 50.0 Å². The first-order valence-electron chi connectivity index (χ1n) is 11.4. The molecule has 3 atom stereocenters. The summed E-state index contributed by atoms with van der Waals surface area (Å²) in [6.45, 7) is -0.238. The van der Waals surface area contributed by atoms with Gasteiger partial charge in [0.15, 0.2) is 0 Å². The Bertz CT molecular complexity index is 1170. The average molecular weight is 466 g/mol. The summed E-state index contributed by atoms with van der Waals surface area (Å²) in [7, 11) is 0. The number of carbonyl (C=O) groups excluding carboxylic acids is 2. The van der Waals surface area contributed by atoms with Crippen molar-refractivity contribution in [3.8, 4) is 0 Å². The van der Waals surface area contributed by atoms with Crippen LogP contribution in [-0.2, 0) is 16.1 Å². The molecule has 2 aliphatic rings. The highest BCUT2D eigenvalue weighted by Crippen LogP contribution is 2.41. The van der Waals surface area contributed by atoms with Crippen LogP contribution in [0.4, 0.5) is 8.78 Å². The van der Waals surface area contributed by atoms with Gasteiger partial charge < -0.3 is 10.2 Å². The number of halogens is 2. The summed E-state index contributed by atoms with van der Waals surface area (Å²) < 4.78 is 30.5. The van der Waals surface area contributed by atoms with E-state index in [4.69, 9.17) is 0 Å². The zero-order valence-electron chi connectivity index (χ0n) is 18.5. The molecule has 1 saturated carbocycles. The van der Waals surface area contributed by atoms with Gasteiger partial charge in [-0.05, 0) is 36.5 Å². The predicted octanol–water partition coefficient (Wildman–Crippen LogP) is 3.14. The Morgan fingerprint density at radius 3 is 2.59 bits per heavy atom. The predicted molar refractivity (Wildman–Crippen MR) is 120 cm³/mol. The summed E-state index contributed by atoms with van der Waals surface area (Å²) in [6.07, 6.45) is 3.68. The third-order valence-electron chi connectivity index (χ3n) is 6.36. The summed E-state index contributed by atoms with van der Waals surface area (Å²) in [6, 6.07) is 12.5. The first-order valence-corrected chi connectivity index (χ1v) is 11.4.